The molecule has 1 aromatic heterocycles. The third-order valence-electron chi connectivity index (χ3n) is 4.82. The number of halogens is 2. The summed E-state index contributed by atoms with van der Waals surface area (Å²) in [6.07, 6.45) is -1.12. The van der Waals surface area contributed by atoms with Gasteiger partial charge in [-0.15, -0.1) is 0 Å². The average Bonchev–Trinajstić information content (AvgIpc) is 2.68. The van der Waals surface area contributed by atoms with Gasteiger partial charge in [0.1, 0.15) is 17.2 Å². The molecule has 2 aliphatic heterocycles. The summed E-state index contributed by atoms with van der Waals surface area (Å²) in [6.45, 7) is -1.96. The molecule has 10 heteroatoms. The quantitative estimate of drug-likeness (QED) is 0.776. The Hall–Kier alpha value is -3.27. The molecule has 2 aromatic rings. The lowest BCUT2D eigenvalue weighted by Gasteiger charge is -2.44. The average molecular weight is 423 g/mol. The van der Waals surface area contributed by atoms with Gasteiger partial charge >= 0.3 is 0 Å². The fraction of sp³-hybridized carbons (Fsp3) is 0.350. The molecule has 2 N–H and O–H groups in total. The van der Waals surface area contributed by atoms with Crippen molar-refractivity contribution in [1.82, 2.24) is 14.8 Å². The van der Waals surface area contributed by atoms with Gasteiger partial charge in [-0.2, -0.15) is 0 Å². The van der Waals surface area contributed by atoms with Crippen molar-refractivity contribution in [2.24, 2.45) is 0 Å². The molecule has 1 fully saturated rings. The maximum absolute atomic E-state index is 14.0. The molecule has 2 amide bonds. The number of aromatic hydroxyl groups is 1. The largest absolute Gasteiger partial charge is 0.503 e. The predicted octanol–water partition coefficient (Wildman–Crippen LogP) is 1.35. The maximum Gasteiger partial charge on any atom is 0.276 e. The highest BCUT2D eigenvalue weighted by Crippen LogP contribution is 2.29. The summed E-state index contributed by atoms with van der Waals surface area (Å²) in [5.41, 5.74) is -3.36. The van der Waals surface area contributed by atoms with Crippen LogP contribution in [0.25, 0.3) is 0 Å². The summed E-state index contributed by atoms with van der Waals surface area (Å²) in [7, 11) is 0. The first-order valence-electron chi connectivity index (χ1n) is 10.9. The molecule has 1 saturated heterocycles. The number of aromatic nitrogens is 1. The number of benzene rings is 1. The zero-order valence-corrected chi connectivity index (χ0v) is 15.7. The molecular weight excluding hydrogens is 400 g/mol. The van der Waals surface area contributed by atoms with E-state index < -0.39 is 76.7 Å². The molecule has 0 saturated carbocycles. The number of ether oxygens (including phenoxy) is 1. The van der Waals surface area contributed by atoms with E-state index in [1.54, 1.807) is 0 Å². The Morgan fingerprint density at radius 1 is 1.43 bits per heavy atom. The normalized spacial score (nSPS) is 27.8. The van der Waals surface area contributed by atoms with Crippen molar-refractivity contribution in [1.29, 1.82) is 0 Å². The van der Waals surface area contributed by atoms with E-state index in [9.17, 15) is 28.3 Å². The molecule has 0 aliphatic carbocycles. The standard InChI is InChI=1S/C20H19F2N3O5/c1-10-4-5-30-15-9-24-8-13(17(26)18(27)16(24)20(29)25(10)15)19(28)23-7-11-2-3-12(21)6-14(11)22/h2-3,6,8,10,15,27H,4-5,7,9H2,1H3,(H,23,28)/t10-,15+/m1/s1/i7D2,10D,15D. The van der Waals surface area contributed by atoms with Crippen LogP contribution in [-0.4, -0.2) is 45.2 Å². The molecule has 0 unspecified atom stereocenters. The van der Waals surface area contributed by atoms with E-state index >= 15 is 0 Å². The maximum atomic E-state index is 14.0. The molecule has 4 rings (SSSR count). The number of nitrogens with zero attached hydrogens (tertiary/aromatic N) is 2. The molecule has 2 aliphatic rings. The molecule has 1 aromatic carbocycles. The number of carbonyl (C=O) groups excluding carboxylic acids is 2. The van der Waals surface area contributed by atoms with E-state index in [2.05, 4.69) is 0 Å². The van der Waals surface area contributed by atoms with E-state index in [-0.39, 0.29) is 13.0 Å². The minimum atomic E-state index is -2.87. The molecule has 158 valence electrons. The first kappa shape index (κ1) is 15.6. The van der Waals surface area contributed by atoms with Gasteiger partial charge in [-0.05, 0) is 19.4 Å². The van der Waals surface area contributed by atoms with Crippen molar-refractivity contribution in [3.8, 4) is 5.75 Å². The van der Waals surface area contributed by atoms with Gasteiger partial charge in [0, 0.05) is 30.3 Å². The second-order valence-corrected chi connectivity index (χ2v) is 6.77. The topological polar surface area (TPSA) is 101 Å². The summed E-state index contributed by atoms with van der Waals surface area (Å²) in [5.74, 6) is -5.74. The fourth-order valence-electron chi connectivity index (χ4n) is 3.30. The minimum absolute atomic E-state index is 0.00836. The van der Waals surface area contributed by atoms with Gasteiger partial charge in [0.15, 0.2) is 17.6 Å². The van der Waals surface area contributed by atoms with Crippen LogP contribution in [0, 0.1) is 11.6 Å². The monoisotopic (exact) mass is 423 g/mol. The Labute approximate surface area is 175 Å². The van der Waals surface area contributed by atoms with Gasteiger partial charge in [-0.25, -0.2) is 8.78 Å². The SMILES string of the molecule is [2H]C([2H])(NC(=O)c1cn2c(c(O)c1=O)C(=O)N1[C@]([2H])(C)CCO[C@@]1([2H])C2)c1ccc(F)cc1F. The third-order valence-corrected chi connectivity index (χ3v) is 4.82. The van der Waals surface area contributed by atoms with E-state index in [0.717, 1.165) is 27.8 Å². The number of rotatable bonds is 3. The van der Waals surface area contributed by atoms with Crippen molar-refractivity contribution < 1.29 is 33.7 Å². The molecular formula is C20H19F2N3O5. The van der Waals surface area contributed by atoms with Gasteiger partial charge in [0.2, 0.25) is 5.43 Å². The van der Waals surface area contributed by atoms with Crippen LogP contribution in [-0.2, 0) is 17.8 Å². The van der Waals surface area contributed by atoms with Gasteiger partial charge in [0.25, 0.3) is 11.8 Å². The Kier molecular flexibility index (Phi) is 3.90. The van der Waals surface area contributed by atoms with E-state index in [1.165, 1.54) is 6.92 Å². The minimum Gasteiger partial charge on any atom is -0.503 e. The Morgan fingerprint density at radius 3 is 2.93 bits per heavy atom. The van der Waals surface area contributed by atoms with Crippen LogP contribution in [0.1, 0.15) is 45.2 Å². The van der Waals surface area contributed by atoms with Crippen molar-refractivity contribution in [2.75, 3.05) is 6.61 Å². The van der Waals surface area contributed by atoms with Crippen molar-refractivity contribution in [3.05, 3.63) is 63.1 Å². The van der Waals surface area contributed by atoms with E-state index in [1.807, 2.05) is 5.32 Å². The highest BCUT2D eigenvalue weighted by atomic mass is 19.1. The summed E-state index contributed by atoms with van der Waals surface area (Å²) in [5, 5.41) is 12.3. The molecule has 0 bridgehead atoms. The van der Waals surface area contributed by atoms with Crippen LogP contribution in [0.15, 0.2) is 29.2 Å². The Bertz CT molecular complexity index is 1290. The van der Waals surface area contributed by atoms with Crippen LogP contribution < -0.4 is 10.7 Å². The fourth-order valence-corrected chi connectivity index (χ4v) is 3.30. The predicted molar refractivity (Wildman–Crippen MR) is 99.9 cm³/mol. The molecule has 8 nitrogen and oxygen atoms in total. The summed E-state index contributed by atoms with van der Waals surface area (Å²) in [6, 6.07) is 0.444. The molecule has 3 heterocycles. The van der Waals surface area contributed by atoms with Crippen LogP contribution in [0.4, 0.5) is 8.78 Å². The van der Waals surface area contributed by atoms with Gasteiger partial charge < -0.3 is 24.6 Å². The number of hydrogen-bond acceptors (Lipinski definition) is 5. The van der Waals surface area contributed by atoms with Crippen LogP contribution >= 0.6 is 0 Å². The molecule has 0 radical (unpaired) electrons. The van der Waals surface area contributed by atoms with Gasteiger partial charge in [0.05, 0.1) is 18.6 Å². The van der Waals surface area contributed by atoms with E-state index in [4.69, 9.17) is 10.2 Å². The Balaban J connectivity index is 1.74. The second kappa shape index (κ2) is 7.52. The number of amides is 2. The molecule has 2 atom stereocenters. The summed E-state index contributed by atoms with van der Waals surface area (Å²) >= 11 is 0. The lowest BCUT2D eigenvalue weighted by atomic mass is 10.1. The summed E-state index contributed by atoms with van der Waals surface area (Å²) in [4.78, 5) is 39.3. The van der Waals surface area contributed by atoms with Crippen molar-refractivity contribution >= 4 is 11.8 Å². The zero-order chi connectivity index (χ0) is 25.2. The Morgan fingerprint density at radius 2 is 2.20 bits per heavy atom. The molecule has 0 spiro atoms. The van der Waals surface area contributed by atoms with Crippen molar-refractivity contribution in [2.45, 2.75) is 38.6 Å². The molecule has 30 heavy (non-hydrogen) atoms. The highest BCUT2D eigenvalue weighted by Gasteiger charge is 2.41. The number of pyridine rings is 1. The number of nitrogens with one attached hydrogen (secondary N) is 1. The summed E-state index contributed by atoms with van der Waals surface area (Å²) < 4.78 is 66.4. The van der Waals surface area contributed by atoms with Crippen LogP contribution in [0.5, 0.6) is 5.75 Å². The third kappa shape index (κ3) is 3.32. The highest BCUT2D eigenvalue weighted by molar-refractivity contribution is 5.99. The first-order chi connectivity index (χ1) is 15.7. The van der Waals surface area contributed by atoms with Crippen molar-refractivity contribution in [3.63, 3.8) is 0 Å². The first-order valence-corrected chi connectivity index (χ1v) is 8.91. The van der Waals surface area contributed by atoms with Crippen LogP contribution in [0.3, 0.4) is 0 Å². The lowest BCUT2D eigenvalue weighted by Crippen LogP contribution is -2.57. The second-order valence-electron chi connectivity index (χ2n) is 6.77. The van der Waals surface area contributed by atoms with Gasteiger partial charge in [-0.1, -0.05) is 6.07 Å². The zero-order valence-electron chi connectivity index (χ0n) is 19.7. The number of carbonyl (C=O) groups is 2. The number of hydrogen-bond donors (Lipinski definition) is 2. The number of fused-ring (bicyclic) bond motifs is 2. The van der Waals surface area contributed by atoms with E-state index in [0.29, 0.717) is 6.07 Å². The van der Waals surface area contributed by atoms with Gasteiger partial charge in [-0.3, -0.25) is 14.4 Å². The lowest BCUT2D eigenvalue weighted by molar-refractivity contribution is -0.112. The van der Waals surface area contributed by atoms with Crippen LogP contribution in [0.2, 0.25) is 0 Å². The smallest absolute Gasteiger partial charge is 0.276 e.